The molecule has 1 fully saturated rings. The molecular weight excluding hydrogens is 230 g/mol. The van der Waals surface area contributed by atoms with Crippen molar-refractivity contribution in [3.05, 3.63) is 0 Å². The number of aliphatic hydroxyl groups is 1. The summed E-state index contributed by atoms with van der Waals surface area (Å²) in [5.41, 5.74) is -0.239. The molecular formula is C14H27NO3. The summed E-state index contributed by atoms with van der Waals surface area (Å²) in [6.07, 6.45) is 0.619. The van der Waals surface area contributed by atoms with Crippen LogP contribution in [0.3, 0.4) is 0 Å². The van der Waals surface area contributed by atoms with Crippen LogP contribution >= 0.6 is 0 Å². The Kier molecular flexibility index (Phi) is 4.78. The fourth-order valence-corrected chi connectivity index (χ4v) is 2.84. The Hall–Kier alpha value is -0.610. The van der Waals surface area contributed by atoms with E-state index in [1.54, 1.807) is 0 Å². The van der Waals surface area contributed by atoms with Crippen molar-refractivity contribution in [1.82, 2.24) is 4.90 Å². The van der Waals surface area contributed by atoms with Gasteiger partial charge in [0, 0.05) is 18.5 Å². The molecule has 0 aromatic carbocycles. The molecule has 1 rings (SSSR count). The Labute approximate surface area is 110 Å². The Morgan fingerprint density at radius 3 is 2.44 bits per heavy atom. The number of hydrogen-bond donors (Lipinski definition) is 1. The summed E-state index contributed by atoms with van der Waals surface area (Å²) in [7, 11) is 0. The molecule has 18 heavy (non-hydrogen) atoms. The van der Waals surface area contributed by atoms with Crippen LogP contribution in [0, 0.1) is 10.8 Å². The highest BCUT2D eigenvalue weighted by Crippen LogP contribution is 2.34. The summed E-state index contributed by atoms with van der Waals surface area (Å²) in [4.78, 5) is 14.4. The average Bonchev–Trinajstić information content (AvgIpc) is 2.25. The third kappa shape index (κ3) is 4.25. The third-order valence-corrected chi connectivity index (χ3v) is 3.18. The number of amides is 1. The van der Waals surface area contributed by atoms with Crippen LogP contribution in [0.4, 0.5) is 0 Å². The maximum atomic E-state index is 12.5. The van der Waals surface area contributed by atoms with Crippen LogP contribution in [-0.4, -0.2) is 48.3 Å². The van der Waals surface area contributed by atoms with Gasteiger partial charge in [-0.2, -0.15) is 0 Å². The highest BCUT2D eigenvalue weighted by Gasteiger charge is 2.37. The molecule has 0 bridgehead atoms. The Bertz CT molecular complexity index is 294. The quantitative estimate of drug-likeness (QED) is 0.836. The molecule has 1 aliphatic heterocycles. The van der Waals surface area contributed by atoms with Crippen molar-refractivity contribution in [1.29, 1.82) is 0 Å². The van der Waals surface area contributed by atoms with Gasteiger partial charge in [0.15, 0.2) is 0 Å². The van der Waals surface area contributed by atoms with Crippen LogP contribution in [0.15, 0.2) is 0 Å². The lowest BCUT2D eigenvalue weighted by Gasteiger charge is -2.39. The van der Waals surface area contributed by atoms with Gasteiger partial charge in [-0.1, -0.05) is 34.6 Å². The molecule has 1 aliphatic rings. The van der Waals surface area contributed by atoms with E-state index in [0.717, 1.165) is 6.42 Å². The van der Waals surface area contributed by atoms with Crippen LogP contribution in [-0.2, 0) is 9.53 Å². The minimum absolute atomic E-state index is 0.0243. The molecule has 4 nitrogen and oxygen atoms in total. The SMILES string of the molecule is CC(C)(C)CC(C)(C)C(=O)N1CCOC(CO)C1. The number of carbonyl (C=O) groups excluding carboxylic acids is 1. The van der Waals surface area contributed by atoms with E-state index in [2.05, 4.69) is 20.8 Å². The number of morpholine rings is 1. The second-order valence-electron chi connectivity index (χ2n) is 7.05. The van der Waals surface area contributed by atoms with Crippen molar-refractivity contribution in [2.75, 3.05) is 26.3 Å². The minimum Gasteiger partial charge on any atom is -0.394 e. The maximum Gasteiger partial charge on any atom is 0.228 e. The fraction of sp³-hybridized carbons (Fsp3) is 0.929. The van der Waals surface area contributed by atoms with Gasteiger partial charge in [0.05, 0.1) is 19.3 Å². The summed E-state index contributed by atoms with van der Waals surface area (Å²) in [5, 5.41) is 9.12. The number of aliphatic hydroxyl groups excluding tert-OH is 1. The molecule has 0 aromatic heterocycles. The van der Waals surface area contributed by atoms with Crippen molar-refractivity contribution in [2.45, 2.75) is 47.1 Å². The zero-order chi connectivity index (χ0) is 14.0. The summed E-state index contributed by atoms with van der Waals surface area (Å²) in [5.74, 6) is 0.166. The van der Waals surface area contributed by atoms with Crippen molar-refractivity contribution in [3.63, 3.8) is 0 Å². The zero-order valence-electron chi connectivity index (χ0n) is 12.3. The summed E-state index contributed by atoms with van der Waals surface area (Å²) >= 11 is 0. The second-order valence-corrected chi connectivity index (χ2v) is 7.05. The first kappa shape index (κ1) is 15.4. The molecule has 0 aromatic rings. The Morgan fingerprint density at radius 2 is 1.94 bits per heavy atom. The Morgan fingerprint density at radius 1 is 1.33 bits per heavy atom. The third-order valence-electron chi connectivity index (χ3n) is 3.18. The molecule has 0 spiro atoms. The van der Waals surface area contributed by atoms with Crippen LogP contribution in [0.25, 0.3) is 0 Å². The first-order valence-corrected chi connectivity index (χ1v) is 6.67. The molecule has 4 heteroatoms. The fourth-order valence-electron chi connectivity index (χ4n) is 2.84. The monoisotopic (exact) mass is 257 g/mol. The lowest BCUT2D eigenvalue weighted by atomic mass is 9.75. The predicted octanol–water partition coefficient (Wildman–Crippen LogP) is 1.67. The van der Waals surface area contributed by atoms with Gasteiger partial charge in [0.1, 0.15) is 0 Å². The van der Waals surface area contributed by atoms with E-state index in [4.69, 9.17) is 9.84 Å². The Balaban J connectivity index is 2.67. The predicted molar refractivity (Wildman–Crippen MR) is 71.3 cm³/mol. The number of hydrogen-bond acceptors (Lipinski definition) is 3. The molecule has 106 valence electrons. The molecule has 1 saturated heterocycles. The molecule has 1 unspecified atom stereocenters. The average molecular weight is 257 g/mol. The summed E-state index contributed by atoms with van der Waals surface area (Å²) < 4.78 is 5.38. The summed E-state index contributed by atoms with van der Waals surface area (Å²) in [6, 6.07) is 0. The molecule has 0 saturated carbocycles. The van der Waals surface area contributed by atoms with Gasteiger partial charge in [-0.25, -0.2) is 0 Å². The van der Waals surface area contributed by atoms with E-state index in [-0.39, 0.29) is 29.4 Å². The van der Waals surface area contributed by atoms with Crippen molar-refractivity contribution >= 4 is 5.91 Å². The number of rotatable bonds is 3. The topological polar surface area (TPSA) is 49.8 Å². The van der Waals surface area contributed by atoms with E-state index >= 15 is 0 Å². The zero-order valence-corrected chi connectivity index (χ0v) is 12.3. The number of nitrogens with zero attached hydrogens (tertiary/aromatic N) is 1. The van der Waals surface area contributed by atoms with Crippen LogP contribution in [0.1, 0.15) is 41.0 Å². The van der Waals surface area contributed by atoms with Gasteiger partial charge in [-0.15, -0.1) is 0 Å². The van der Waals surface area contributed by atoms with Gasteiger partial charge in [-0.05, 0) is 11.8 Å². The first-order valence-electron chi connectivity index (χ1n) is 6.67. The van der Waals surface area contributed by atoms with E-state index in [9.17, 15) is 4.79 Å². The highest BCUT2D eigenvalue weighted by atomic mass is 16.5. The lowest BCUT2D eigenvalue weighted by molar-refractivity contribution is -0.150. The second kappa shape index (κ2) is 5.57. The molecule has 1 amide bonds. The van der Waals surface area contributed by atoms with Gasteiger partial charge >= 0.3 is 0 Å². The van der Waals surface area contributed by atoms with E-state index in [1.165, 1.54) is 0 Å². The van der Waals surface area contributed by atoms with Crippen LogP contribution < -0.4 is 0 Å². The number of carbonyl (C=O) groups is 1. The van der Waals surface area contributed by atoms with Gasteiger partial charge in [0.25, 0.3) is 0 Å². The molecule has 0 radical (unpaired) electrons. The molecule has 1 heterocycles. The van der Waals surface area contributed by atoms with Gasteiger partial charge in [-0.3, -0.25) is 4.79 Å². The maximum absolute atomic E-state index is 12.5. The van der Waals surface area contributed by atoms with E-state index in [1.807, 2.05) is 18.7 Å². The van der Waals surface area contributed by atoms with E-state index < -0.39 is 0 Å². The van der Waals surface area contributed by atoms with Gasteiger partial charge < -0.3 is 14.7 Å². The van der Waals surface area contributed by atoms with Crippen molar-refractivity contribution in [2.24, 2.45) is 10.8 Å². The van der Waals surface area contributed by atoms with Crippen molar-refractivity contribution < 1.29 is 14.6 Å². The number of ether oxygens (including phenoxy) is 1. The molecule has 1 N–H and O–H groups in total. The van der Waals surface area contributed by atoms with E-state index in [0.29, 0.717) is 19.7 Å². The standard InChI is InChI=1S/C14H27NO3/c1-13(2,3)10-14(4,5)12(17)15-6-7-18-11(8-15)9-16/h11,16H,6-10H2,1-5H3. The van der Waals surface area contributed by atoms with Gasteiger partial charge in [0.2, 0.25) is 5.91 Å². The first-order chi connectivity index (χ1) is 8.15. The summed E-state index contributed by atoms with van der Waals surface area (Å²) in [6.45, 7) is 12.1. The lowest BCUT2D eigenvalue weighted by Crippen LogP contribution is -2.51. The van der Waals surface area contributed by atoms with Crippen LogP contribution in [0.5, 0.6) is 0 Å². The smallest absolute Gasteiger partial charge is 0.228 e. The largest absolute Gasteiger partial charge is 0.394 e. The molecule has 1 atom stereocenters. The highest BCUT2D eigenvalue weighted by molar-refractivity contribution is 5.82. The normalized spacial score (nSPS) is 22.1. The molecule has 0 aliphatic carbocycles. The van der Waals surface area contributed by atoms with Crippen LogP contribution in [0.2, 0.25) is 0 Å². The minimum atomic E-state index is -0.365. The van der Waals surface area contributed by atoms with Crippen molar-refractivity contribution in [3.8, 4) is 0 Å².